The van der Waals surface area contributed by atoms with E-state index in [1.165, 1.54) is 12.1 Å². The van der Waals surface area contributed by atoms with Gasteiger partial charge in [-0.2, -0.15) is 0 Å². The molecule has 0 unspecified atom stereocenters. The van der Waals surface area contributed by atoms with Crippen LogP contribution in [-0.4, -0.2) is 0 Å². The third kappa shape index (κ3) is 1.75. The minimum atomic E-state index is -1.60. The molecule has 0 fully saturated rings. The summed E-state index contributed by atoms with van der Waals surface area (Å²) in [5.41, 5.74) is -2.33. The maximum Gasteiger partial charge on any atom is 0.170 e. The van der Waals surface area contributed by atoms with Gasteiger partial charge in [-0.15, -0.1) is 0 Å². The molecule has 0 spiro atoms. The van der Waals surface area contributed by atoms with Gasteiger partial charge in [0.15, 0.2) is 23.3 Å². The summed E-state index contributed by atoms with van der Waals surface area (Å²) in [7, 11) is 0. The second kappa shape index (κ2) is 4.40. The van der Waals surface area contributed by atoms with E-state index in [2.05, 4.69) is 0 Å². The lowest BCUT2D eigenvalue weighted by Gasteiger charge is -2.10. The molecule has 0 heterocycles. The molecule has 0 N–H and O–H groups in total. The SMILES string of the molecule is Cc1c(F)c(F)c(-c2ccccc2F)c(F)c1F. The topological polar surface area (TPSA) is 0 Å². The van der Waals surface area contributed by atoms with Crippen LogP contribution in [0.15, 0.2) is 24.3 Å². The van der Waals surface area contributed by atoms with Gasteiger partial charge in [-0.1, -0.05) is 18.2 Å². The quantitative estimate of drug-likeness (QED) is 0.526. The Morgan fingerprint density at radius 1 is 0.722 bits per heavy atom. The normalized spacial score (nSPS) is 10.8. The zero-order valence-electron chi connectivity index (χ0n) is 9.20. The number of benzene rings is 2. The first-order chi connectivity index (χ1) is 8.45. The maximum atomic E-state index is 13.6. The highest BCUT2D eigenvalue weighted by molar-refractivity contribution is 5.66. The Bertz CT molecular complexity index is 590. The Kier molecular flexibility index (Phi) is 3.07. The van der Waals surface area contributed by atoms with Gasteiger partial charge in [-0.05, 0) is 13.0 Å². The summed E-state index contributed by atoms with van der Waals surface area (Å²) >= 11 is 0. The van der Waals surface area contributed by atoms with E-state index < -0.39 is 45.8 Å². The Balaban J connectivity index is 2.85. The van der Waals surface area contributed by atoms with Crippen LogP contribution in [0.3, 0.4) is 0 Å². The molecule has 5 heteroatoms. The number of hydrogen-bond donors (Lipinski definition) is 0. The minimum Gasteiger partial charge on any atom is -0.206 e. The summed E-state index contributed by atoms with van der Waals surface area (Å²) in [6.45, 7) is 0.905. The van der Waals surface area contributed by atoms with Crippen LogP contribution in [0.25, 0.3) is 11.1 Å². The van der Waals surface area contributed by atoms with Crippen LogP contribution >= 0.6 is 0 Å². The predicted molar refractivity (Wildman–Crippen MR) is 56.4 cm³/mol. The number of hydrogen-bond acceptors (Lipinski definition) is 0. The zero-order valence-corrected chi connectivity index (χ0v) is 9.20. The molecule has 0 aliphatic rings. The first kappa shape index (κ1) is 12.5. The van der Waals surface area contributed by atoms with E-state index in [9.17, 15) is 22.0 Å². The molecule has 0 nitrogen and oxygen atoms in total. The zero-order chi connectivity index (χ0) is 13.4. The van der Waals surface area contributed by atoms with Crippen LogP contribution in [0.1, 0.15) is 5.56 Å². The predicted octanol–water partition coefficient (Wildman–Crippen LogP) is 4.36. The van der Waals surface area contributed by atoms with Crippen LogP contribution in [-0.2, 0) is 0 Å². The van der Waals surface area contributed by atoms with E-state index >= 15 is 0 Å². The summed E-state index contributed by atoms with van der Waals surface area (Å²) in [5, 5.41) is 0. The van der Waals surface area contributed by atoms with Gasteiger partial charge in [-0.25, -0.2) is 22.0 Å². The maximum absolute atomic E-state index is 13.6. The van der Waals surface area contributed by atoms with Crippen LogP contribution in [0.5, 0.6) is 0 Å². The fraction of sp³-hybridized carbons (Fsp3) is 0.0769. The Hall–Kier alpha value is -1.91. The van der Waals surface area contributed by atoms with Crippen molar-refractivity contribution in [2.75, 3.05) is 0 Å². The van der Waals surface area contributed by atoms with Crippen molar-refractivity contribution in [3.8, 4) is 11.1 Å². The molecule has 18 heavy (non-hydrogen) atoms. The fourth-order valence-electron chi connectivity index (χ4n) is 1.64. The molecule has 0 aliphatic heterocycles. The summed E-state index contributed by atoms with van der Waals surface area (Å²) in [4.78, 5) is 0. The molecule has 0 radical (unpaired) electrons. The van der Waals surface area contributed by atoms with E-state index in [0.29, 0.717) is 0 Å². The third-order valence-electron chi connectivity index (χ3n) is 2.63. The van der Waals surface area contributed by atoms with E-state index in [0.717, 1.165) is 19.1 Å². The van der Waals surface area contributed by atoms with Crippen molar-refractivity contribution in [3.63, 3.8) is 0 Å². The molecule has 94 valence electrons. The van der Waals surface area contributed by atoms with Crippen molar-refractivity contribution >= 4 is 0 Å². The van der Waals surface area contributed by atoms with E-state index in [1.807, 2.05) is 0 Å². The summed E-state index contributed by atoms with van der Waals surface area (Å²) < 4.78 is 67.4. The Morgan fingerprint density at radius 2 is 1.22 bits per heavy atom. The molecule has 0 saturated carbocycles. The van der Waals surface area contributed by atoms with Gasteiger partial charge < -0.3 is 0 Å². The molecule has 0 aromatic heterocycles. The van der Waals surface area contributed by atoms with Crippen LogP contribution in [0.4, 0.5) is 22.0 Å². The molecular weight excluding hydrogens is 251 g/mol. The molecular formula is C13H7F5. The molecule has 0 aliphatic carbocycles. The highest BCUT2D eigenvalue weighted by Crippen LogP contribution is 2.32. The van der Waals surface area contributed by atoms with Crippen LogP contribution < -0.4 is 0 Å². The smallest absolute Gasteiger partial charge is 0.170 e. The highest BCUT2D eigenvalue weighted by Gasteiger charge is 2.25. The second-order valence-corrected chi connectivity index (χ2v) is 3.74. The molecule has 2 rings (SSSR count). The summed E-state index contributed by atoms with van der Waals surface area (Å²) in [6, 6.07) is 4.61. The average molecular weight is 258 g/mol. The Labute approximate surface area is 99.7 Å². The first-order valence-electron chi connectivity index (χ1n) is 5.02. The standard InChI is InChI=1S/C13H7F5/c1-6-10(15)12(17)9(13(18)11(6)16)7-4-2-3-5-8(7)14/h2-5H,1H3. The lowest BCUT2D eigenvalue weighted by atomic mass is 10.0. The molecule has 0 saturated heterocycles. The number of halogens is 5. The van der Waals surface area contributed by atoms with Gasteiger partial charge in [0.2, 0.25) is 0 Å². The first-order valence-corrected chi connectivity index (χ1v) is 5.02. The molecule has 0 amide bonds. The van der Waals surface area contributed by atoms with Crippen molar-refractivity contribution in [3.05, 3.63) is 58.9 Å². The van der Waals surface area contributed by atoms with Crippen molar-refractivity contribution in [1.29, 1.82) is 0 Å². The highest BCUT2D eigenvalue weighted by atomic mass is 19.2. The molecule has 2 aromatic carbocycles. The van der Waals surface area contributed by atoms with Crippen molar-refractivity contribution in [2.45, 2.75) is 6.92 Å². The number of rotatable bonds is 1. The van der Waals surface area contributed by atoms with Gasteiger partial charge in [0.05, 0.1) is 5.56 Å². The average Bonchev–Trinajstić information content (AvgIpc) is 2.36. The van der Waals surface area contributed by atoms with Crippen molar-refractivity contribution < 1.29 is 22.0 Å². The van der Waals surface area contributed by atoms with Crippen LogP contribution in [0, 0.1) is 36.0 Å². The molecule has 0 bridgehead atoms. The van der Waals surface area contributed by atoms with Gasteiger partial charge in [0.25, 0.3) is 0 Å². The molecule has 2 aromatic rings. The van der Waals surface area contributed by atoms with E-state index in [-0.39, 0.29) is 0 Å². The fourth-order valence-corrected chi connectivity index (χ4v) is 1.64. The van der Waals surface area contributed by atoms with E-state index in [4.69, 9.17) is 0 Å². The van der Waals surface area contributed by atoms with Gasteiger partial charge in [0, 0.05) is 11.1 Å². The minimum absolute atomic E-state index is 0.523. The van der Waals surface area contributed by atoms with Gasteiger partial charge in [0.1, 0.15) is 5.82 Å². The van der Waals surface area contributed by atoms with Crippen LogP contribution in [0.2, 0.25) is 0 Å². The lowest BCUT2D eigenvalue weighted by Crippen LogP contribution is -2.04. The summed E-state index contributed by atoms with van der Waals surface area (Å²) in [6.07, 6.45) is 0. The van der Waals surface area contributed by atoms with Crippen molar-refractivity contribution in [2.24, 2.45) is 0 Å². The third-order valence-corrected chi connectivity index (χ3v) is 2.63. The summed E-state index contributed by atoms with van der Waals surface area (Å²) in [5.74, 6) is -7.20. The second-order valence-electron chi connectivity index (χ2n) is 3.74. The van der Waals surface area contributed by atoms with E-state index in [1.54, 1.807) is 0 Å². The van der Waals surface area contributed by atoms with Crippen molar-refractivity contribution in [1.82, 2.24) is 0 Å². The van der Waals surface area contributed by atoms with Gasteiger partial charge >= 0.3 is 0 Å². The monoisotopic (exact) mass is 258 g/mol. The Morgan fingerprint density at radius 3 is 1.72 bits per heavy atom. The van der Waals surface area contributed by atoms with Gasteiger partial charge in [-0.3, -0.25) is 0 Å². The largest absolute Gasteiger partial charge is 0.206 e. The lowest BCUT2D eigenvalue weighted by molar-refractivity contribution is 0.448. The molecule has 0 atom stereocenters.